The van der Waals surface area contributed by atoms with Crippen LogP contribution in [0.15, 0.2) is 47.1 Å². The third-order valence-corrected chi connectivity index (χ3v) is 4.78. The van der Waals surface area contributed by atoms with Gasteiger partial charge in [0, 0.05) is 53.8 Å². The van der Waals surface area contributed by atoms with Gasteiger partial charge < -0.3 is 18.8 Å². The van der Waals surface area contributed by atoms with E-state index >= 15 is 0 Å². The van der Waals surface area contributed by atoms with Crippen LogP contribution in [0.2, 0.25) is 0 Å². The first-order valence-electron chi connectivity index (χ1n) is 8.95. The molecule has 0 aliphatic heterocycles. The van der Waals surface area contributed by atoms with Crippen LogP contribution in [0.3, 0.4) is 0 Å². The first-order chi connectivity index (χ1) is 13.4. The Labute approximate surface area is 173 Å². The molecule has 150 valence electrons. The molecule has 0 atom stereocenters. The van der Waals surface area contributed by atoms with Gasteiger partial charge in [0.05, 0.1) is 0 Å². The number of carbonyl (C=O) groups excluding carboxylic acids is 1. The van der Waals surface area contributed by atoms with Gasteiger partial charge in [-0.2, -0.15) is 0 Å². The fraction of sp³-hybridized carbons (Fsp3) is 0.318. The van der Waals surface area contributed by atoms with E-state index in [1.165, 1.54) is 12.1 Å². The zero-order valence-electron chi connectivity index (χ0n) is 16.5. The maximum atomic E-state index is 13.4. The Hall–Kier alpha value is -2.18. The summed E-state index contributed by atoms with van der Waals surface area (Å²) in [4.78, 5) is 10.8. The third kappa shape index (κ3) is 5.42. The fourth-order valence-corrected chi connectivity index (χ4v) is 3.53. The molecule has 0 bridgehead atoms. The number of ether oxygens (including phenoxy) is 2. The van der Waals surface area contributed by atoms with Crippen molar-refractivity contribution in [1.82, 2.24) is 4.57 Å². The summed E-state index contributed by atoms with van der Waals surface area (Å²) in [6.07, 6.45) is 2.96. The standard InChI is InChI=1S/C20H19BrFNO2.C2H6O/c1-13(2)23-7-5-17-18(21)9-14(10-19(17)23)12-25-20-4-3-16(22)11-15(20)6-8-24;1-3-2/h3-5,7-11,13H,6,12H2,1-2H3;1-2H3. The van der Waals surface area contributed by atoms with Gasteiger partial charge in [0.2, 0.25) is 0 Å². The Morgan fingerprint density at radius 3 is 2.54 bits per heavy atom. The van der Waals surface area contributed by atoms with Gasteiger partial charge in [0.1, 0.15) is 24.5 Å². The predicted octanol–water partition coefficient (Wildman–Crippen LogP) is 5.71. The molecular weight excluding hydrogens is 425 g/mol. The van der Waals surface area contributed by atoms with Crippen molar-refractivity contribution >= 4 is 33.1 Å². The van der Waals surface area contributed by atoms with E-state index in [4.69, 9.17) is 4.74 Å². The minimum Gasteiger partial charge on any atom is -0.489 e. The molecule has 4 nitrogen and oxygen atoms in total. The van der Waals surface area contributed by atoms with E-state index in [1.807, 2.05) is 6.07 Å². The highest BCUT2D eigenvalue weighted by atomic mass is 79.9. The summed E-state index contributed by atoms with van der Waals surface area (Å²) in [5, 5.41) is 1.15. The highest BCUT2D eigenvalue weighted by Gasteiger charge is 2.10. The van der Waals surface area contributed by atoms with Gasteiger partial charge >= 0.3 is 0 Å². The summed E-state index contributed by atoms with van der Waals surface area (Å²) < 4.78 is 26.7. The first-order valence-corrected chi connectivity index (χ1v) is 9.74. The van der Waals surface area contributed by atoms with Crippen LogP contribution in [0, 0.1) is 5.82 Å². The SMILES string of the molecule is CC(C)n1ccc2c(Br)cc(COc3ccc(F)cc3CC=O)cc21.COC. The predicted molar refractivity (Wildman–Crippen MR) is 113 cm³/mol. The van der Waals surface area contributed by atoms with Crippen molar-refractivity contribution in [3.63, 3.8) is 0 Å². The van der Waals surface area contributed by atoms with Crippen LogP contribution in [0.4, 0.5) is 4.39 Å². The number of aldehydes is 1. The van der Waals surface area contributed by atoms with Crippen molar-refractivity contribution in [2.45, 2.75) is 32.9 Å². The second-order valence-corrected chi connectivity index (χ2v) is 7.50. The number of methoxy groups -OCH3 is 1. The summed E-state index contributed by atoms with van der Waals surface area (Å²) in [6, 6.07) is 10.8. The van der Waals surface area contributed by atoms with Crippen molar-refractivity contribution in [2.75, 3.05) is 14.2 Å². The second-order valence-electron chi connectivity index (χ2n) is 6.65. The zero-order chi connectivity index (χ0) is 20.7. The molecule has 0 amide bonds. The molecule has 0 spiro atoms. The van der Waals surface area contributed by atoms with Gasteiger partial charge in [-0.15, -0.1) is 0 Å². The molecule has 3 rings (SSSR count). The Morgan fingerprint density at radius 1 is 1.18 bits per heavy atom. The lowest BCUT2D eigenvalue weighted by atomic mass is 10.1. The van der Waals surface area contributed by atoms with Crippen LogP contribution in [-0.4, -0.2) is 25.1 Å². The molecule has 1 heterocycles. The topological polar surface area (TPSA) is 40.5 Å². The maximum Gasteiger partial charge on any atom is 0.124 e. The molecule has 1 aromatic heterocycles. The van der Waals surface area contributed by atoms with Gasteiger partial charge in [-0.3, -0.25) is 0 Å². The van der Waals surface area contributed by atoms with Gasteiger partial charge in [-0.1, -0.05) is 15.9 Å². The average molecular weight is 450 g/mol. The van der Waals surface area contributed by atoms with Gasteiger partial charge in [-0.25, -0.2) is 4.39 Å². The number of hydrogen-bond acceptors (Lipinski definition) is 3. The number of halogens is 2. The summed E-state index contributed by atoms with van der Waals surface area (Å²) in [6.45, 7) is 4.62. The molecule has 3 aromatic rings. The smallest absolute Gasteiger partial charge is 0.124 e. The molecule has 0 N–H and O–H groups in total. The van der Waals surface area contributed by atoms with E-state index in [1.54, 1.807) is 20.3 Å². The molecule has 0 saturated heterocycles. The maximum absolute atomic E-state index is 13.4. The molecule has 28 heavy (non-hydrogen) atoms. The summed E-state index contributed by atoms with van der Waals surface area (Å²) in [5.74, 6) is 0.159. The van der Waals surface area contributed by atoms with Crippen LogP contribution in [-0.2, 0) is 22.6 Å². The number of carbonyl (C=O) groups is 1. The highest BCUT2D eigenvalue weighted by molar-refractivity contribution is 9.10. The lowest BCUT2D eigenvalue weighted by Crippen LogP contribution is -2.02. The van der Waals surface area contributed by atoms with E-state index in [2.05, 4.69) is 57.4 Å². The second kappa shape index (κ2) is 10.4. The van der Waals surface area contributed by atoms with Crippen molar-refractivity contribution in [3.8, 4) is 5.75 Å². The van der Waals surface area contributed by atoms with Crippen molar-refractivity contribution in [3.05, 3.63) is 64.0 Å². The fourth-order valence-electron chi connectivity index (χ4n) is 2.90. The molecule has 0 unspecified atom stereocenters. The molecule has 0 radical (unpaired) electrons. The molecule has 0 saturated carbocycles. The number of aromatic nitrogens is 1. The van der Waals surface area contributed by atoms with Crippen molar-refractivity contribution in [1.29, 1.82) is 0 Å². The van der Waals surface area contributed by atoms with E-state index in [0.717, 1.165) is 27.2 Å². The number of benzene rings is 2. The van der Waals surface area contributed by atoms with E-state index in [9.17, 15) is 9.18 Å². The molecule has 0 aliphatic rings. The van der Waals surface area contributed by atoms with Gasteiger partial charge in [0.15, 0.2) is 0 Å². The zero-order valence-corrected chi connectivity index (χ0v) is 18.1. The number of nitrogens with zero attached hydrogens (tertiary/aromatic N) is 1. The van der Waals surface area contributed by atoms with E-state index < -0.39 is 0 Å². The summed E-state index contributed by atoms with van der Waals surface area (Å²) in [5.41, 5.74) is 2.69. The lowest BCUT2D eigenvalue weighted by Gasteiger charge is -2.13. The number of hydrogen-bond donors (Lipinski definition) is 0. The molecular formula is C22H25BrFNO3. The summed E-state index contributed by atoms with van der Waals surface area (Å²) >= 11 is 3.62. The third-order valence-electron chi connectivity index (χ3n) is 4.12. The highest BCUT2D eigenvalue weighted by Crippen LogP contribution is 2.30. The van der Waals surface area contributed by atoms with Crippen LogP contribution in [0.5, 0.6) is 5.75 Å². The van der Waals surface area contributed by atoms with E-state index in [0.29, 0.717) is 24.0 Å². The van der Waals surface area contributed by atoms with Crippen LogP contribution < -0.4 is 4.74 Å². The van der Waals surface area contributed by atoms with Gasteiger partial charge in [-0.05, 0) is 55.8 Å². The summed E-state index contributed by atoms with van der Waals surface area (Å²) in [7, 11) is 3.25. The molecule has 0 aliphatic carbocycles. The average Bonchev–Trinajstić information content (AvgIpc) is 3.07. The molecule has 0 fully saturated rings. The first kappa shape index (κ1) is 22.1. The minimum absolute atomic E-state index is 0.131. The van der Waals surface area contributed by atoms with Crippen LogP contribution in [0.25, 0.3) is 10.9 Å². The van der Waals surface area contributed by atoms with Crippen molar-refractivity contribution < 1.29 is 18.7 Å². The Balaban J connectivity index is 0.000000878. The molecule has 6 heteroatoms. The minimum atomic E-state index is -0.372. The quantitative estimate of drug-likeness (QED) is 0.452. The molecule has 2 aromatic carbocycles. The monoisotopic (exact) mass is 449 g/mol. The number of fused-ring (bicyclic) bond motifs is 1. The van der Waals surface area contributed by atoms with Crippen LogP contribution >= 0.6 is 15.9 Å². The van der Waals surface area contributed by atoms with Crippen LogP contribution in [0.1, 0.15) is 31.0 Å². The lowest BCUT2D eigenvalue weighted by molar-refractivity contribution is -0.107. The largest absolute Gasteiger partial charge is 0.489 e. The normalized spacial score (nSPS) is 10.7. The van der Waals surface area contributed by atoms with E-state index in [-0.39, 0.29) is 12.2 Å². The Bertz CT molecular complexity index is 937. The Morgan fingerprint density at radius 2 is 1.89 bits per heavy atom. The van der Waals surface area contributed by atoms with Crippen molar-refractivity contribution in [2.24, 2.45) is 0 Å². The van der Waals surface area contributed by atoms with Gasteiger partial charge in [0.25, 0.3) is 0 Å². The Kier molecular flexibility index (Phi) is 8.20. The number of rotatable bonds is 6.